The molecule has 3 rings (SSSR count). The fourth-order valence-corrected chi connectivity index (χ4v) is 2.74. The SMILES string of the molecule is O=C(Nc1cc2cc[nH]c(=O)c2cc1Cl)C(O)c1cccc(Cl)c1. The third-order valence-corrected chi connectivity index (χ3v) is 4.08. The van der Waals surface area contributed by atoms with Gasteiger partial charge in [-0.25, -0.2) is 0 Å². The van der Waals surface area contributed by atoms with Crippen LogP contribution in [-0.2, 0) is 4.79 Å². The second-order valence-corrected chi connectivity index (χ2v) is 6.02. The molecule has 0 fully saturated rings. The fourth-order valence-electron chi connectivity index (χ4n) is 2.33. The van der Waals surface area contributed by atoms with Crippen molar-refractivity contribution in [3.63, 3.8) is 0 Å². The number of aromatic nitrogens is 1. The van der Waals surface area contributed by atoms with Crippen molar-refractivity contribution in [1.82, 2.24) is 4.98 Å². The summed E-state index contributed by atoms with van der Waals surface area (Å²) in [6.07, 6.45) is 0.111. The minimum Gasteiger partial charge on any atom is -0.378 e. The molecule has 0 spiro atoms. The molecule has 1 unspecified atom stereocenters. The van der Waals surface area contributed by atoms with Crippen molar-refractivity contribution in [3.05, 3.63) is 74.6 Å². The van der Waals surface area contributed by atoms with Gasteiger partial charge < -0.3 is 15.4 Å². The standard InChI is InChI=1S/C17H12Cl2N2O3/c18-11-3-1-2-10(6-11)15(22)17(24)21-14-7-9-4-5-20-16(23)12(9)8-13(14)19/h1-8,15,22H,(H,20,23)(H,21,24). The predicted octanol–water partition coefficient (Wildman–Crippen LogP) is 3.51. The van der Waals surface area contributed by atoms with Crippen molar-refractivity contribution in [3.8, 4) is 0 Å². The summed E-state index contributed by atoms with van der Waals surface area (Å²) in [6.45, 7) is 0. The number of H-pyrrole nitrogens is 1. The van der Waals surface area contributed by atoms with Crippen molar-refractivity contribution in [2.24, 2.45) is 0 Å². The van der Waals surface area contributed by atoms with E-state index in [0.717, 1.165) is 0 Å². The van der Waals surface area contributed by atoms with Crippen LogP contribution in [0.1, 0.15) is 11.7 Å². The summed E-state index contributed by atoms with van der Waals surface area (Å²) in [7, 11) is 0. The Kier molecular flexibility index (Phi) is 4.57. The average molecular weight is 363 g/mol. The number of aliphatic hydroxyl groups is 1. The molecule has 1 aromatic heterocycles. The summed E-state index contributed by atoms with van der Waals surface area (Å²) >= 11 is 12.0. The van der Waals surface area contributed by atoms with E-state index in [1.165, 1.54) is 18.3 Å². The molecule has 0 radical (unpaired) electrons. The fraction of sp³-hybridized carbons (Fsp3) is 0.0588. The molecule has 0 aliphatic heterocycles. The van der Waals surface area contributed by atoms with Crippen molar-refractivity contribution in [2.45, 2.75) is 6.10 Å². The number of amides is 1. The second-order valence-electron chi connectivity index (χ2n) is 5.17. The Hall–Kier alpha value is -2.34. The Morgan fingerprint density at radius 3 is 2.71 bits per heavy atom. The molecular formula is C17H12Cl2N2O3. The summed E-state index contributed by atoms with van der Waals surface area (Å²) in [6, 6.07) is 11.1. The van der Waals surface area contributed by atoms with Gasteiger partial charge in [0.15, 0.2) is 6.10 Å². The molecule has 1 atom stereocenters. The Morgan fingerprint density at radius 2 is 1.96 bits per heavy atom. The summed E-state index contributed by atoms with van der Waals surface area (Å²) in [5, 5.41) is 14.4. The van der Waals surface area contributed by atoms with Gasteiger partial charge in [0.2, 0.25) is 0 Å². The van der Waals surface area contributed by atoms with Crippen LogP contribution in [0.25, 0.3) is 10.8 Å². The van der Waals surface area contributed by atoms with Crippen LogP contribution in [-0.4, -0.2) is 16.0 Å². The molecule has 1 heterocycles. The monoisotopic (exact) mass is 362 g/mol. The van der Waals surface area contributed by atoms with Gasteiger partial charge in [0, 0.05) is 16.6 Å². The van der Waals surface area contributed by atoms with Crippen molar-refractivity contribution in [2.75, 3.05) is 5.32 Å². The Morgan fingerprint density at radius 1 is 1.17 bits per heavy atom. The number of halogens is 2. The molecule has 122 valence electrons. The van der Waals surface area contributed by atoms with Gasteiger partial charge in [-0.3, -0.25) is 9.59 Å². The lowest BCUT2D eigenvalue weighted by Crippen LogP contribution is -2.21. The Bertz CT molecular complexity index is 985. The van der Waals surface area contributed by atoms with Gasteiger partial charge in [-0.05, 0) is 41.3 Å². The van der Waals surface area contributed by atoms with Crippen LogP contribution in [0.2, 0.25) is 10.0 Å². The number of aliphatic hydroxyl groups excluding tert-OH is 1. The minimum absolute atomic E-state index is 0.200. The Labute approximate surface area is 146 Å². The zero-order valence-electron chi connectivity index (χ0n) is 12.2. The van der Waals surface area contributed by atoms with Gasteiger partial charge in [-0.1, -0.05) is 35.3 Å². The van der Waals surface area contributed by atoms with E-state index < -0.39 is 12.0 Å². The van der Waals surface area contributed by atoms with Crippen LogP contribution in [0, 0.1) is 0 Å². The molecule has 0 aliphatic carbocycles. The number of nitrogens with one attached hydrogen (secondary N) is 2. The number of aromatic amines is 1. The number of fused-ring (bicyclic) bond motifs is 1. The molecule has 0 saturated carbocycles. The van der Waals surface area contributed by atoms with Crippen LogP contribution in [0.4, 0.5) is 5.69 Å². The third kappa shape index (κ3) is 3.28. The van der Waals surface area contributed by atoms with Crippen LogP contribution in [0.15, 0.2) is 53.5 Å². The first-order chi connectivity index (χ1) is 11.5. The molecule has 0 bridgehead atoms. The van der Waals surface area contributed by atoms with Gasteiger partial charge in [-0.15, -0.1) is 0 Å². The summed E-state index contributed by atoms with van der Waals surface area (Å²) in [5.74, 6) is -0.650. The molecule has 5 nitrogen and oxygen atoms in total. The normalized spacial score (nSPS) is 12.1. The first-order valence-electron chi connectivity index (χ1n) is 7.01. The van der Waals surface area contributed by atoms with Crippen LogP contribution < -0.4 is 10.9 Å². The van der Waals surface area contributed by atoms with Gasteiger partial charge in [0.25, 0.3) is 11.5 Å². The number of anilines is 1. The number of carbonyl (C=O) groups excluding carboxylic acids is 1. The maximum Gasteiger partial charge on any atom is 0.257 e. The number of hydrogen-bond donors (Lipinski definition) is 3. The smallest absolute Gasteiger partial charge is 0.257 e. The summed E-state index contributed by atoms with van der Waals surface area (Å²) < 4.78 is 0. The highest BCUT2D eigenvalue weighted by Gasteiger charge is 2.19. The number of pyridine rings is 1. The molecule has 0 saturated heterocycles. The summed E-state index contributed by atoms with van der Waals surface area (Å²) in [4.78, 5) is 26.5. The second kappa shape index (κ2) is 6.65. The number of rotatable bonds is 3. The number of carbonyl (C=O) groups is 1. The lowest BCUT2D eigenvalue weighted by Gasteiger charge is -2.13. The van der Waals surface area contributed by atoms with Gasteiger partial charge in [0.1, 0.15) is 0 Å². The average Bonchev–Trinajstić information content (AvgIpc) is 2.56. The topological polar surface area (TPSA) is 82.2 Å². The van der Waals surface area contributed by atoms with Crippen molar-refractivity contribution < 1.29 is 9.90 Å². The number of benzene rings is 2. The van der Waals surface area contributed by atoms with Crippen LogP contribution in [0.3, 0.4) is 0 Å². The molecule has 0 aliphatic rings. The van der Waals surface area contributed by atoms with Gasteiger partial charge in [0.05, 0.1) is 10.7 Å². The van der Waals surface area contributed by atoms with Gasteiger partial charge >= 0.3 is 0 Å². The first kappa shape index (κ1) is 16.5. The molecule has 1 amide bonds. The van der Waals surface area contributed by atoms with E-state index in [0.29, 0.717) is 27.0 Å². The summed E-state index contributed by atoms with van der Waals surface area (Å²) in [5.41, 5.74) is 0.403. The number of hydrogen-bond acceptors (Lipinski definition) is 3. The van der Waals surface area contributed by atoms with E-state index in [1.54, 1.807) is 30.3 Å². The van der Waals surface area contributed by atoms with E-state index in [1.807, 2.05) is 0 Å². The zero-order chi connectivity index (χ0) is 17.3. The maximum absolute atomic E-state index is 12.2. The first-order valence-corrected chi connectivity index (χ1v) is 7.76. The lowest BCUT2D eigenvalue weighted by molar-refractivity contribution is -0.124. The van der Waals surface area contributed by atoms with Gasteiger partial charge in [-0.2, -0.15) is 0 Å². The van der Waals surface area contributed by atoms with Crippen molar-refractivity contribution >= 4 is 45.6 Å². The minimum atomic E-state index is -1.39. The molecular weight excluding hydrogens is 351 g/mol. The molecule has 24 heavy (non-hydrogen) atoms. The van der Waals surface area contributed by atoms with Crippen LogP contribution >= 0.6 is 23.2 Å². The van der Waals surface area contributed by atoms with Crippen LogP contribution in [0.5, 0.6) is 0 Å². The Balaban J connectivity index is 1.90. The van der Waals surface area contributed by atoms with Crippen molar-refractivity contribution in [1.29, 1.82) is 0 Å². The molecule has 3 N–H and O–H groups in total. The highest BCUT2D eigenvalue weighted by atomic mass is 35.5. The molecule has 7 heteroatoms. The van der Waals surface area contributed by atoms with E-state index in [2.05, 4.69) is 10.3 Å². The highest BCUT2D eigenvalue weighted by Crippen LogP contribution is 2.28. The maximum atomic E-state index is 12.2. The third-order valence-electron chi connectivity index (χ3n) is 3.53. The molecule has 2 aromatic carbocycles. The largest absolute Gasteiger partial charge is 0.378 e. The van der Waals surface area contributed by atoms with E-state index in [-0.39, 0.29) is 10.6 Å². The lowest BCUT2D eigenvalue weighted by atomic mass is 10.1. The quantitative estimate of drug-likeness (QED) is 0.666. The zero-order valence-corrected chi connectivity index (χ0v) is 13.7. The van der Waals surface area contributed by atoms with E-state index in [4.69, 9.17) is 23.2 Å². The predicted molar refractivity (Wildman–Crippen MR) is 94.6 cm³/mol. The highest BCUT2D eigenvalue weighted by molar-refractivity contribution is 6.34. The van der Waals surface area contributed by atoms with E-state index >= 15 is 0 Å². The van der Waals surface area contributed by atoms with E-state index in [9.17, 15) is 14.7 Å². The molecule has 3 aromatic rings.